The average Bonchev–Trinajstić information content (AvgIpc) is 3.55. The van der Waals surface area contributed by atoms with E-state index in [-0.39, 0.29) is 41.3 Å². The number of carbonyl (C=O) groups is 3. The number of fused-ring (bicyclic) bond motifs is 5. The maximum absolute atomic E-state index is 13.7. The molecule has 3 fully saturated rings. The number of carbonyl (C=O) groups excluding carboxylic acids is 3. The Morgan fingerprint density at radius 3 is 1.85 bits per heavy atom. The number of hydrogen-bond donors (Lipinski definition) is 0. The monoisotopic (exact) mass is 728 g/mol. The van der Waals surface area contributed by atoms with Crippen molar-refractivity contribution in [2.45, 2.75) is 104 Å². The molecule has 0 amide bonds. The molecule has 0 N–H and O–H groups in total. The minimum atomic E-state index is -0.445. The molecule has 284 valence electrons. The second-order valence-electron chi connectivity index (χ2n) is 17.2. The van der Waals surface area contributed by atoms with Gasteiger partial charge in [0.1, 0.15) is 18.3 Å². The van der Waals surface area contributed by atoms with Gasteiger partial charge in [0.2, 0.25) is 0 Å². The zero-order chi connectivity index (χ0) is 38.0. The number of esters is 3. The molecule has 3 aromatic rings. The predicted octanol–water partition coefficient (Wildman–Crippen LogP) is 10.8. The van der Waals surface area contributed by atoms with Crippen LogP contribution in [0.25, 0.3) is 0 Å². The number of hydrogen-bond acceptors (Lipinski definition) is 6. The van der Waals surface area contributed by atoms with Crippen molar-refractivity contribution in [2.75, 3.05) is 0 Å². The molecule has 4 aliphatic carbocycles. The van der Waals surface area contributed by atoms with Crippen LogP contribution in [0.4, 0.5) is 0 Å². The van der Waals surface area contributed by atoms with Gasteiger partial charge in [-0.1, -0.05) is 113 Å². The van der Waals surface area contributed by atoms with E-state index in [0.29, 0.717) is 47.3 Å². The fourth-order valence-corrected chi connectivity index (χ4v) is 10.7. The molecule has 6 nitrogen and oxygen atoms in total. The van der Waals surface area contributed by atoms with Crippen LogP contribution in [0.1, 0.15) is 117 Å². The van der Waals surface area contributed by atoms with E-state index in [1.807, 2.05) is 66.7 Å². The van der Waals surface area contributed by atoms with Gasteiger partial charge in [-0.2, -0.15) is 0 Å². The molecule has 7 rings (SSSR count). The standard InChI is InChI=1S/C48H56O6/c1-31(2)42(53-45(50)34-17-11-7-12-18-34)26-21-32(3)39-24-25-40-38-23-22-36-29-37(52-44(49)33-15-9-6-10-16-33)30-43(54-46(51)35-19-13-8-14-20-35)48(36,5)41(38)27-28-47(39,40)4/h6-20,22-23,31-32,37,39-43H,21,24-30H2,1-5H3/t32-,37-,39-,40+,41+,42+,43+,47-,48+/m1/s1. The first-order valence-corrected chi connectivity index (χ1v) is 20.2. The Kier molecular flexibility index (Phi) is 11.0. The van der Waals surface area contributed by atoms with Crippen molar-refractivity contribution in [3.8, 4) is 0 Å². The Bertz CT molecular complexity index is 1860. The van der Waals surface area contributed by atoms with E-state index in [4.69, 9.17) is 14.2 Å². The second kappa shape index (κ2) is 15.7. The van der Waals surface area contributed by atoms with Gasteiger partial charge in [-0.15, -0.1) is 0 Å². The van der Waals surface area contributed by atoms with Crippen LogP contribution in [0.3, 0.4) is 0 Å². The van der Waals surface area contributed by atoms with Gasteiger partial charge in [-0.25, -0.2) is 14.4 Å². The van der Waals surface area contributed by atoms with Crippen LogP contribution in [0.2, 0.25) is 0 Å². The summed E-state index contributed by atoms with van der Waals surface area (Å²) in [6.45, 7) is 11.5. The van der Waals surface area contributed by atoms with Gasteiger partial charge < -0.3 is 14.2 Å². The van der Waals surface area contributed by atoms with Crippen LogP contribution in [0.5, 0.6) is 0 Å². The highest BCUT2D eigenvalue weighted by Crippen LogP contribution is 2.66. The maximum atomic E-state index is 13.7. The molecule has 4 aliphatic rings. The molecule has 6 heteroatoms. The highest BCUT2D eigenvalue weighted by atomic mass is 16.6. The fraction of sp³-hybridized carbons (Fsp3) is 0.479. The quantitative estimate of drug-likeness (QED) is 0.144. The molecule has 0 heterocycles. The zero-order valence-electron chi connectivity index (χ0n) is 32.5. The molecule has 0 aliphatic heterocycles. The van der Waals surface area contributed by atoms with Crippen LogP contribution in [0.15, 0.2) is 114 Å². The Morgan fingerprint density at radius 2 is 1.26 bits per heavy atom. The van der Waals surface area contributed by atoms with Crippen LogP contribution in [0, 0.1) is 40.4 Å². The van der Waals surface area contributed by atoms with Gasteiger partial charge in [0.15, 0.2) is 0 Å². The topological polar surface area (TPSA) is 78.9 Å². The maximum Gasteiger partial charge on any atom is 0.338 e. The van der Waals surface area contributed by atoms with Gasteiger partial charge in [-0.05, 0) is 110 Å². The SMILES string of the molecule is CC(C)[C@H](CC[C@@H](C)[C@H]1CC[C@H]2C3=CC=C4C[C@@H](OC(=O)c5ccccc5)C[C@H](OC(=O)c5ccccc5)[C@]4(C)[C@H]3CC[C@]12C)OC(=O)c1ccccc1. The van der Waals surface area contributed by atoms with Crippen molar-refractivity contribution in [1.82, 2.24) is 0 Å². The number of allylic oxidation sites excluding steroid dienone is 3. The Balaban J connectivity index is 1.09. The second-order valence-corrected chi connectivity index (χ2v) is 17.2. The normalized spacial score (nSPS) is 29.7. The Hall–Kier alpha value is -4.45. The van der Waals surface area contributed by atoms with Crippen molar-refractivity contribution in [1.29, 1.82) is 0 Å². The molecule has 54 heavy (non-hydrogen) atoms. The predicted molar refractivity (Wildman–Crippen MR) is 211 cm³/mol. The van der Waals surface area contributed by atoms with Gasteiger partial charge in [0.25, 0.3) is 0 Å². The summed E-state index contributed by atoms with van der Waals surface area (Å²) in [7, 11) is 0. The van der Waals surface area contributed by atoms with Crippen molar-refractivity contribution in [3.05, 3.63) is 131 Å². The van der Waals surface area contributed by atoms with Crippen molar-refractivity contribution in [3.63, 3.8) is 0 Å². The van der Waals surface area contributed by atoms with Crippen LogP contribution in [-0.4, -0.2) is 36.2 Å². The first-order valence-electron chi connectivity index (χ1n) is 20.2. The minimum Gasteiger partial charge on any atom is -0.459 e. The van der Waals surface area contributed by atoms with Gasteiger partial charge in [0, 0.05) is 18.3 Å². The number of rotatable bonds is 11. The lowest BCUT2D eigenvalue weighted by molar-refractivity contribution is -0.0732. The fourth-order valence-electron chi connectivity index (χ4n) is 10.7. The summed E-state index contributed by atoms with van der Waals surface area (Å²) in [5.74, 6) is 1.07. The smallest absolute Gasteiger partial charge is 0.338 e. The third-order valence-electron chi connectivity index (χ3n) is 13.8. The summed E-state index contributed by atoms with van der Waals surface area (Å²) in [5.41, 5.74) is 4.12. The van der Waals surface area contributed by atoms with E-state index in [1.165, 1.54) is 17.6 Å². The number of benzene rings is 3. The zero-order valence-corrected chi connectivity index (χ0v) is 32.5. The molecule has 3 saturated carbocycles. The lowest BCUT2D eigenvalue weighted by Gasteiger charge is -2.57. The number of ether oxygens (including phenoxy) is 3. The average molecular weight is 729 g/mol. The van der Waals surface area contributed by atoms with Crippen molar-refractivity contribution >= 4 is 17.9 Å². The third-order valence-corrected chi connectivity index (χ3v) is 13.8. The molecule has 3 aromatic carbocycles. The van der Waals surface area contributed by atoms with Crippen molar-refractivity contribution < 1.29 is 28.6 Å². The highest BCUT2D eigenvalue weighted by Gasteiger charge is 2.60. The molecule has 0 aromatic heterocycles. The first-order chi connectivity index (χ1) is 26.0. The van der Waals surface area contributed by atoms with E-state index in [0.717, 1.165) is 32.1 Å². The van der Waals surface area contributed by atoms with Gasteiger partial charge in [0.05, 0.1) is 16.7 Å². The van der Waals surface area contributed by atoms with Crippen LogP contribution in [-0.2, 0) is 14.2 Å². The van der Waals surface area contributed by atoms with Crippen LogP contribution >= 0.6 is 0 Å². The highest BCUT2D eigenvalue weighted by molar-refractivity contribution is 5.90. The summed E-state index contributed by atoms with van der Waals surface area (Å²) in [6, 6.07) is 27.6. The summed E-state index contributed by atoms with van der Waals surface area (Å²) in [6.07, 6.45) is 11.1. The molecule has 0 saturated heterocycles. The first kappa shape index (κ1) is 37.8. The summed E-state index contributed by atoms with van der Waals surface area (Å²) < 4.78 is 18.7. The third kappa shape index (κ3) is 7.33. The molecule has 9 atom stereocenters. The molecular formula is C48H56O6. The minimum absolute atomic E-state index is 0.122. The lowest BCUT2D eigenvalue weighted by Crippen LogP contribution is -2.54. The van der Waals surface area contributed by atoms with Crippen molar-refractivity contribution in [2.24, 2.45) is 40.4 Å². The largest absolute Gasteiger partial charge is 0.459 e. The van der Waals surface area contributed by atoms with Gasteiger partial charge >= 0.3 is 17.9 Å². The summed E-state index contributed by atoms with van der Waals surface area (Å²) in [4.78, 5) is 39.9. The van der Waals surface area contributed by atoms with E-state index >= 15 is 0 Å². The van der Waals surface area contributed by atoms with E-state index in [2.05, 4.69) is 46.8 Å². The lowest BCUT2D eigenvalue weighted by atomic mass is 9.49. The van der Waals surface area contributed by atoms with E-state index < -0.39 is 17.6 Å². The Morgan fingerprint density at radius 1 is 0.685 bits per heavy atom. The summed E-state index contributed by atoms with van der Waals surface area (Å²) in [5, 5.41) is 0. The molecule has 0 unspecified atom stereocenters. The molecule has 0 spiro atoms. The van der Waals surface area contributed by atoms with E-state index in [1.54, 1.807) is 24.3 Å². The Labute approximate surface area is 321 Å². The van der Waals surface area contributed by atoms with Crippen LogP contribution < -0.4 is 0 Å². The molecule has 0 radical (unpaired) electrons. The summed E-state index contributed by atoms with van der Waals surface area (Å²) >= 11 is 0. The molecular weight excluding hydrogens is 673 g/mol. The van der Waals surface area contributed by atoms with Gasteiger partial charge in [-0.3, -0.25) is 0 Å². The van der Waals surface area contributed by atoms with E-state index in [9.17, 15) is 14.4 Å². The molecule has 0 bridgehead atoms.